The Bertz CT molecular complexity index is 711. The largest absolute Gasteiger partial charge is 0.335 e. The molecule has 1 aliphatic heterocycles. The van der Waals surface area contributed by atoms with Crippen LogP contribution in [0.4, 0.5) is 11.4 Å². The summed E-state index contributed by atoms with van der Waals surface area (Å²) in [6, 6.07) is 12.6. The molecule has 1 heterocycles. The van der Waals surface area contributed by atoms with Crippen molar-refractivity contribution in [1.29, 1.82) is 0 Å². The molecule has 1 unspecified atom stereocenters. The Morgan fingerprint density at radius 3 is 2.38 bits per heavy atom. The summed E-state index contributed by atoms with van der Waals surface area (Å²) >= 11 is 12.8. The maximum Gasteiger partial charge on any atom is 0.274 e. The molecule has 1 fully saturated rings. The number of amides is 1. The van der Waals surface area contributed by atoms with Crippen molar-refractivity contribution < 1.29 is 10.0 Å². The summed E-state index contributed by atoms with van der Waals surface area (Å²) in [5, 5.41) is 13.2. The molecule has 0 aromatic heterocycles. The van der Waals surface area contributed by atoms with Gasteiger partial charge in [0.1, 0.15) is 0 Å². The second-order valence-electron chi connectivity index (χ2n) is 5.57. The van der Waals surface area contributed by atoms with E-state index in [0.717, 1.165) is 30.9 Å². The van der Waals surface area contributed by atoms with Gasteiger partial charge in [-0.3, -0.25) is 10.0 Å². The third-order valence-electron chi connectivity index (χ3n) is 4.09. The average Bonchev–Trinajstić information content (AvgIpc) is 3.12. The SMILES string of the molecule is O=C(NO)c1ccc(N(c2c(Cl)cccc2Cl)C2CCNC2)cc1. The van der Waals surface area contributed by atoms with Gasteiger partial charge in [0.25, 0.3) is 5.91 Å². The van der Waals surface area contributed by atoms with Crippen LogP contribution in [0.25, 0.3) is 0 Å². The highest BCUT2D eigenvalue weighted by Gasteiger charge is 2.27. The summed E-state index contributed by atoms with van der Waals surface area (Å²) < 4.78 is 0. The van der Waals surface area contributed by atoms with Crippen molar-refractivity contribution in [1.82, 2.24) is 10.8 Å². The number of nitrogens with zero attached hydrogens (tertiary/aromatic N) is 1. The average molecular weight is 366 g/mol. The van der Waals surface area contributed by atoms with Gasteiger partial charge in [0.15, 0.2) is 0 Å². The molecule has 126 valence electrons. The molecule has 0 spiro atoms. The van der Waals surface area contributed by atoms with Crippen LogP contribution in [0.3, 0.4) is 0 Å². The second kappa shape index (κ2) is 7.40. The number of carbonyl (C=O) groups excluding carboxylic acids is 1. The van der Waals surface area contributed by atoms with E-state index in [1.54, 1.807) is 17.6 Å². The Balaban J connectivity index is 2.04. The van der Waals surface area contributed by atoms with Crippen LogP contribution in [-0.4, -0.2) is 30.2 Å². The van der Waals surface area contributed by atoms with E-state index in [0.29, 0.717) is 15.6 Å². The Labute approximate surface area is 150 Å². The van der Waals surface area contributed by atoms with Gasteiger partial charge in [-0.05, 0) is 49.4 Å². The molecule has 3 rings (SSSR count). The highest BCUT2D eigenvalue weighted by Crippen LogP contribution is 2.40. The molecule has 1 aliphatic rings. The topological polar surface area (TPSA) is 64.6 Å². The minimum absolute atomic E-state index is 0.208. The van der Waals surface area contributed by atoms with E-state index in [-0.39, 0.29) is 6.04 Å². The molecular weight excluding hydrogens is 349 g/mol. The van der Waals surface area contributed by atoms with Crippen molar-refractivity contribution in [3.05, 3.63) is 58.1 Å². The Kier molecular flexibility index (Phi) is 5.26. The fourth-order valence-electron chi connectivity index (χ4n) is 2.94. The van der Waals surface area contributed by atoms with Gasteiger partial charge in [0.2, 0.25) is 0 Å². The number of benzene rings is 2. The molecule has 2 aromatic rings. The normalized spacial score (nSPS) is 16.9. The lowest BCUT2D eigenvalue weighted by Gasteiger charge is -2.32. The number of hydrogen-bond donors (Lipinski definition) is 3. The van der Waals surface area contributed by atoms with E-state index in [9.17, 15) is 4.79 Å². The van der Waals surface area contributed by atoms with Crippen molar-refractivity contribution in [3.8, 4) is 0 Å². The molecule has 24 heavy (non-hydrogen) atoms. The van der Waals surface area contributed by atoms with E-state index in [4.69, 9.17) is 28.4 Å². The highest BCUT2D eigenvalue weighted by atomic mass is 35.5. The van der Waals surface area contributed by atoms with Crippen LogP contribution in [0.2, 0.25) is 10.0 Å². The van der Waals surface area contributed by atoms with Crippen LogP contribution in [0.5, 0.6) is 0 Å². The first-order valence-corrected chi connectivity index (χ1v) is 8.36. The number of hydroxylamine groups is 1. The minimum Gasteiger partial charge on any atom is -0.335 e. The van der Waals surface area contributed by atoms with Crippen LogP contribution in [0.1, 0.15) is 16.8 Å². The van der Waals surface area contributed by atoms with Crippen molar-refractivity contribution in [2.45, 2.75) is 12.5 Å². The predicted octanol–water partition coefficient (Wildman–Crippen LogP) is 3.61. The maximum atomic E-state index is 11.5. The molecule has 0 radical (unpaired) electrons. The first kappa shape index (κ1) is 17.0. The highest BCUT2D eigenvalue weighted by molar-refractivity contribution is 6.39. The fraction of sp³-hybridized carbons (Fsp3) is 0.235. The van der Waals surface area contributed by atoms with Gasteiger partial charge >= 0.3 is 0 Å². The van der Waals surface area contributed by atoms with E-state index in [1.165, 1.54) is 0 Å². The number of halogens is 2. The molecule has 7 heteroatoms. The predicted molar refractivity (Wildman–Crippen MR) is 95.6 cm³/mol. The first-order chi connectivity index (χ1) is 11.6. The molecule has 0 bridgehead atoms. The lowest BCUT2D eigenvalue weighted by molar-refractivity contribution is 0.0706. The van der Waals surface area contributed by atoms with Crippen LogP contribution in [0.15, 0.2) is 42.5 Å². The Morgan fingerprint density at radius 2 is 1.83 bits per heavy atom. The van der Waals surface area contributed by atoms with E-state index >= 15 is 0 Å². The Hall–Kier alpha value is -1.79. The smallest absolute Gasteiger partial charge is 0.274 e. The zero-order chi connectivity index (χ0) is 17.1. The van der Waals surface area contributed by atoms with E-state index in [1.807, 2.05) is 30.3 Å². The summed E-state index contributed by atoms with van der Waals surface area (Å²) in [5.41, 5.74) is 3.64. The van der Waals surface area contributed by atoms with Crippen molar-refractivity contribution >= 4 is 40.5 Å². The van der Waals surface area contributed by atoms with Crippen molar-refractivity contribution in [3.63, 3.8) is 0 Å². The molecule has 5 nitrogen and oxygen atoms in total. The Morgan fingerprint density at radius 1 is 1.17 bits per heavy atom. The first-order valence-electron chi connectivity index (χ1n) is 7.60. The summed E-state index contributed by atoms with van der Waals surface area (Å²) in [5.74, 6) is -0.550. The standard InChI is InChI=1S/C17H17Cl2N3O2/c18-14-2-1-3-15(19)16(14)22(13-8-9-20-10-13)12-6-4-11(5-7-12)17(23)21-24/h1-7,13,20,24H,8-10H2,(H,21,23). The van der Waals surface area contributed by atoms with Gasteiger partial charge in [-0.15, -0.1) is 0 Å². The summed E-state index contributed by atoms with van der Waals surface area (Å²) in [7, 11) is 0. The van der Waals surface area contributed by atoms with E-state index < -0.39 is 5.91 Å². The third-order valence-corrected chi connectivity index (χ3v) is 4.70. The number of carbonyl (C=O) groups is 1. The molecule has 1 atom stereocenters. The molecule has 1 amide bonds. The van der Waals surface area contributed by atoms with Crippen LogP contribution >= 0.6 is 23.2 Å². The molecule has 2 aromatic carbocycles. The molecule has 0 saturated carbocycles. The number of anilines is 2. The number of para-hydroxylation sites is 1. The van der Waals surface area contributed by atoms with E-state index in [2.05, 4.69) is 10.2 Å². The zero-order valence-corrected chi connectivity index (χ0v) is 14.3. The van der Waals surface area contributed by atoms with Gasteiger partial charge in [0, 0.05) is 23.8 Å². The summed E-state index contributed by atoms with van der Waals surface area (Å²) in [4.78, 5) is 13.6. The maximum absolute atomic E-state index is 11.5. The van der Waals surface area contributed by atoms with Gasteiger partial charge in [-0.25, -0.2) is 5.48 Å². The van der Waals surface area contributed by atoms with Crippen LogP contribution < -0.4 is 15.7 Å². The molecule has 1 saturated heterocycles. The van der Waals surface area contributed by atoms with Crippen LogP contribution in [-0.2, 0) is 0 Å². The molecular formula is C17H17Cl2N3O2. The molecule has 3 N–H and O–H groups in total. The summed E-state index contributed by atoms with van der Waals surface area (Å²) in [6.45, 7) is 1.74. The lowest BCUT2D eigenvalue weighted by Crippen LogP contribution is -2.33. The number of hydrogen-bond acceptors (Lipinski definition) is 4. The fourth-order valence-corrected chi connectivity index (χ4v) is 3.52. The molecule has 0 aliphatic carbocycles. The number of nitrogens with one attached hydrogen (secondary N) is 2. The van der Waals surface area contributed by atoms with Gasteiger partial charge in [-0.1, -0.05) is 29.3 Å². The van der Waals surface area contributed by atoms with Gasteiger partial charge in [-0.2, -0.15) is 0 Å². The second-order valence-corrected chi connectivity index (χ2v) is 6.39. The van der Waals surface area contributed by atoms with Crippen molar-refractivity contribution in [2.24, 2.45) is 0 Å². The van der Waals surface area contributed by atoms with Gasteiger partial charge in [0.05, 0.1) is 15.7 Å². The third kappa shape index (κ3) is 3.35. The van der Waals surface area contributed by atoms with Gasteiger partial charge < -0.3 is 10.2 Å². The number of rotatable bonds is 4. The zero-order valence-electron chi connectivity index (χ0n) is 12.8. The quantitative estimate of drug-likeness (QED) is 0.571. The van der Waals surface area contributed by atoms with Crippen LogP contribution in [0, 0.1) is 0 Å². The monoisotopic (exact) mass is 365 g/mol. The van der Waals surface area contributed by atoms with Crippen molar-refractivity contribution in [2.75, 3.05) is 18.0 Å². The lowest BCUT2D eigenvalue weighted by atomic mass is 10.1. The minimum atomic E-state index is -0.550. The summed E-state index contributed by atoms with van der Waals surface area (Å²) in [6.07, 6.45) is 0.959.